The normalized spacial score (nSPS) is 16.1. The van der Waals surface area contributed by atoms with Gasteiger partial charge in [0.15, 0.2) is 23.9 Å². The van der Waals surface area contributed by atoms with Gasteiger partial charge in [-0.25, -0.2) is 19.4 Å². The Morgan fingerprint density at radius 2 is 0.879 bits per heavy atom. The lowest BCUT2D eigenvalue weighted by atomic mass is 9.95. The molecule has 14 atom stereocenters. The first-order chi connectivity index (χ1) is 50.3. The van der Waals surface area contributed by atoms with E-state index in [0.29, 0.717) is 5.69 Å². The van der Waals surface area contributed by atoms with Crippen molar-refractivity contribution in [3.05, 3.63) is 18.2 Å². The smallest absolute Gasteiger partial charge is 0.328 e. The number of primary amides is 2. The number of amides is 15. The van der Waals surface area contributed by atoms with Gasteiger partial charge < -0.3 is 136 Å². The van der Waals surface area contributed by atoms with E-state index in [2.05, 4.69) is 88.7 Å². The number of carboxylic acid groups (broad SMARTS) is 1. The standard InChI is InChI=1S/C64H115N27O16/c1-9-33(6)46(89-56(101)44(31(2)3)87-54(99)42(28-36-29-74-30-80-36)86-51(96)37(81-48(93)34(7)65)16-10-22-75-60(66)67)57(102)85-39(17-11-23-76-61(68)69)50(95)82-38(19-13-25-78-63(72)106)49(94)83-40(20-14-26-79-64(73)107)52(97)88-45(32(4)5)58(103)91-27-15-21-43(91)55(100)84-41(18-12-24-77-62(70)71)53(98)90-47(35(8)92)59(104)105/h29-35,37-47,92H,9-28,65H2,1-8H3,(H,74,80)(H,81,93)(H,82,95)(H,83,94)(H,84,100)(H,85,102)(H,86,96)(H,87,99)(H,88,97)(H,89,101)(H,90,98)(H,104,105)(H4,66,67,75)(H4,68,69,76)(H4,70,71,77)(H3,72,78,106)(H3,73,79,107)/t33-,34-,35+,37-,38-,39-,40-,41-,42-,43-,44-,45-,46-,47-/m0/s1. The monoisotopic (exact) mass is 1520 g/mol. The fraction of sp³-hybridized carbons (Fsp3) is 0.688. The van der Waals surface area contributed by atoms with Crippen molar-refractivity contribution in [2.45, 2.75) is 224 Å². The van der Waals surface area contributed by atoms with Crippen LogP contribution in [0.25, 0.3) is 0 Å². The predicted molar refractivity (Wildman–Crippen MR) is 392 cm³/mol. The molecule has 43 heteroatoms. The van der Waals surface area contributed by atoms with Crippen molar-refractivity contribution in [1.82, 2.24) is 78.7 Å². The molecule has 0 aromatic carbocycles. The molecule has 1 aliphatic heterocycles. The molecule has 1 fully saturated rings. The van der Waals surface area contributed by atoms with Gasteiger partial charge >= 0.3 is 18.0 Å². The number of nitrogens with zero attached hydrogens (tertiary/aromatic N) is 5. The second-order valence-electron chi connectivity index (χ2n) is 26.7. The molecular formula is C64H115N27O16. The van der Waals surface area contributed by atoms with Crippen molar-refractivity contribution >= 4 is 101 Å². The van der Waals surface area contributed by atoms with E-state index in [1.54, 1.807) is 41.5 Å². The summed E-state index contributed by atoms with van der Waals surface area (Å²) in [4.78, 5) is 213. The second-order valence-corrected chi connectivity index (χ2v) is 26.7. The number of H-pyrrole nitrogens is 1. The number of nitrogens with two attached hydrogens (primary N) is 9. The van der Waals surface area contributed by atoms with Crippen LogP contribution >= 0.6 is 0 Å². The highest BCUT2D eigenvalue weighted by Crippen LogP contribution is 2.22. The maximum Gasteiger partial charge on any atom is 0.328 e. The highest BCUT2D eigenvalue weighted by Gasteiger charge is 2.42. The third-order valence-electron chi connectivity index (χ3n) is 17.1. The van der Waals surface area contributed by atoms with E-state index in [9.17, 15) is 77.3 Å². The van der Waals surface area contributed by atoms with Crippen LogP contribution in [0.5, 0.6) is 0 Å². The summed E-state index contributed by atoms with van der Waals surface area (Å²) in [5.74, 6) is -13.9. The number of aliphatic carboxylic acids is 1. The number of hydrogen-bond donors (Lipinski definition) is 24. The lowest BCUT2D eigenvalue weighted by Gasteiger charge is -2.32. The number of carbonyl (C=O) groups is 14. The molecule has 1 aromatic rings. The molecule has 602 valence electrons. The van der Waals surface area contributed by atoms with Gasteiger partial charge in [0.2, 0.25) is 65.0 Å². The van der Waals surface area contributed by atoms with Gasteiger partial charge in [0, 0.05) is 57.6 Å². The van der Waals surface area contributed by atoms with Crippen molar-refractivity contribution in [2.75, 3.05) is 39.3 Å². The molecule has 107 heavy (non-hydrogen) atoms. The number of imidazole rings is 1. The van der Waals surface area contributed by atoms with Crippen LogP contribution in [0, 0.1) is 17.8 Å². The van der Waals surface area contributed by atoms with Gasteiger partial charge in [-0.05, 0) is 109 Å². The molecule has 0 saturated carbocycles. The summed E-state index contributed by atoms with van der Waals surface area (Å²) < 4.78 is 0. The van der Waals surface area contributed by atoms with Crippen LogP contribution in [0.15, 0.2) is 27.5 Å². The number of aliphatic imine (C=N–C) groups is 3. The minimum atomic E-state index is -1.76. The molecule has 0 aliphatic carbocycles. The lowest BCUT2D eigenvalue weighted by molar-refractivity contribution is -0.146. The Labute approximate surface area is 620 Å². The zero-order chi connectivity index (χ0) is 80.8. The number of aromatic amines is 1. The molecular weight excluding hydrogens is 1400 g/mol. The van der Waals surface area contributed by atoms with Crippen LogP contribution in [-0.4, -0.2) is 244 Å². The van der Waals surface area contributed by atoms with Gasteiger partial charge in [-0.15, -0.1) is 0 Å². The number of guanidine groups is 3. The van der Waals surface area contributed by atoms with Crippen LogP contribution in [-0.2, 0) is 64.0 Å². The Balaban J connectivity index is 2.62. The van der Waals surface area contributed by atoms with E-state index in [0.717, 1.165) is 6.92 Å². The second kappa shape index (κ2) is 47.5. The number of aromatic nitrogens is 2. The van der Waals surface area contributed by atoms with Gasteiger partial charge in [0.05, 0.1) is 18.5 Å². The zero-order valence-electron chi connectivity index (χ0n) is 62.1. The number of nitrogens with one attached hydrogen (secondary N) is 13. The molecule has 33 N–H and O–H groups in total. The number of carboxylic acids is 1. The van der Waals surface area contributed by atoms with E-state index in [1.165, 1.54) is 24.3 Å². The molecule has 15 amide bonds. The van der Waals surface area contributed by atoms with Crippen LogP contribution in [0.3, 0.4) is 0 Å². The van der Waals surface area contributed by atoms with Gasteiger partial charge in [-0.1, -0.05) is 48.0 Å². The van der Waals surface area contributed by atoms with Crippen molar-refractivity contribution in [2.24, 2.45) is 84.3 Å². The molecule has 2 heterocycles. The quantitative estimate of drug-likeness (QED) is 0.0164. The van der Waals surface area contributed by atoms with E-state index in [1.807, 2.05) is 0 Å². The summed E-state index contributed by atoms with van der Waals surface area (Å²) in [6.07, 6.45) is 1.14. The Morgan fingerprint density at radius 3 is 1.27 bits per heavy atom. The summed E-state index contributed by atoms with van der Waals surface area (Å²) in [6, 6.07) is -18.8. The Kier molecular flexibility index (Phi) is 41.0. The molecule has 1 aromatic heterocycles. The number of hydrogen-bond acceptors (Lipinski definition) is 20. The summed E-state index contributed by atoms with van der Waals surface area (Å²) >= 11 is 0. The molecule has 0 radical (unpaired) electrons. The first-order valence-corrected chi connectivity index (χ1v) is 35.5. The number of carbonyl (C=O) groups excluding carboxylic acids is 13. The molecule has 43 nitrogen and oxygen atoms in total. The summed E-state index contributed by atoms with van der Waals surface area (Å²) in [5.41, 5.74) is 49.9. The first-order valence-electron chi connectivity index (χ1n) is 35.5. The van der Waals surface area contributed by atoms with Gasteiger partial charge in [-0.2, -0.15) is 0 Å². The van der Waals surface area contributed by atoms with Crippen molar-refractivity contribution in [3.8, 4) is 0 Å². The Morgan fingerprint density at radius 1 is 0.505 bits per heavy atom. The first kappa shape index (κ1) is 92.2. The topological polar surface area (TPSA) is 727 Å². The van der Waals surface area contributed by atoms with Gasteiger partial charge in [0.1, 0.15) is 60.4 Å². The average Bonchev–Trinajstić information content (AvgIpc) is 1.78. The summed E-state index contributed by atoms with van der Waals surface area (Å²) in [6.45, 7) is 12.1. The summed E-state index contributed by atoms with van der Waals surface area (Å²) in [7, 11) is 0. The van der Waals surface area contributed by atoms with Gasteiger partial charge in [0.25, 0.3) is 0 Å². The van der Waals surface area contributed by atoms with Gasteiger partial charge in [-0.3, -0.25) is 67.7 Å². The van der Waals surface area contributed by atoms with E-state index in [4.69, 9.17) is 51.6 Å². The highest BCUT2D eigenvalue weighted by atomic mass is 16.4. The number of aliphatic hydroxyl groups excluding tert-OH is 1. The predicted octanol–water partition coefficient (Wildman–Crippen LogP) is -7.98. The maximum atomic E-state index is 14.8. The van der Waals surface area contributed by atoms with Crippen LogP contribution < -0.4 is 115 Å². The number of likely N-dealkylation sites (tertiary alicyclic amines) is 1. The Hall–Kier alpha value is -10.9. The molecule has 2 rings (SSSR count). The van der Waals surface area contributed by atoms with Crippen LogP contribution in [0.1, 0.15) is 145 Å². The highest BCUT2D eigenvalue weighted by molar-refractivity contribution is 6.00. The minimum absolute atomic E-state index is 0.00122. The average molecular weight is 1520 g/mol. The molecule has 0 bridgehead atoms. The van der Waals surface area contributed by atoms with Crippen molar-refractivity contribution < 1.29 is 77.3 Å². The third-order valence-corrected chi connectivity index (χ3v) is 17.1. The van der Waals surface area contributed by atoms with Crippen molar-refractivity contribution in [1.29, 1.82) is 0 Å². The fourth-order valence-corrected chi connectivity index (χ4v) is 11.0. The SMILES string of the molecule is CC[C@H](C)[C@H](NC(=O)[C@@H](NC(=O)[C@H](Cc1cnc[nH]1)NC(=O)[C@H](CCCN=C(N)N)NC(=O)[C@H](C)N)C(C)C)C(=O)N[C@@H](CCCN=C(N)N)C(=O)N[C@@H](CCCNC(N)=O)C(=O)N[C@@H](CCCNC(N)=O)C(=O)N[C@H](C(=O)N1CCC[C@H]1C(=O)N[C@@H](CCCN=C(N)N)C(=O)N[C@H](C(=O)O)[C@@H](C)O)C(C)C. The summed E-state index contributed by atoms with van der Waals surface area (Å²) in [5, 5.41) is 50.7. The van der Waals surface area contributed by atoms with Crippen LogP contribution in [0.4, 0.5) is 9.59 Å². The van der Waals surface area contributed by atoms with E-state index < -0.39 is 179 Å². The van der Waals surface area contributed by atoms with E-state index >= 15 is 0 Å². The van der Waals surface area contributed by atoms with E-state index in [-0.39, 0.29) is 147 Å². The number of urea groups is 2. The van der Waals surface area contributed by atoms with Crippen molar-refractivity contribution in [3.63, 3.8) is 0 Å². The molecule has 0 unspecified atom stereocenters. The third kappa shape index (κ3) is 34.3. The lowest BCUT2D eigenvalue weighted by Crippen LogP contribution is -2.62. The number of rotatable bonds is 49. The molecule has 0 spiro atoms. The largest absolute Gasteiger partial charge is 0.480 e. The fourth-order valence-electron chi connectivity index (χ4n) is 11.0. The minimum Gasteiger partial charge on any atom is -0.480 e. The number of aliphatic hydroxyl groups is 1. The maximum absolute atomic E-state index is 14.8. The Bertz CT molecular complexity index is 3210. The zero-order valence-corrected chi connectivity index (χ0v) is 62.1. The molecule has 1 saturated heterocycles. The molecule has 1 aliphatic rings. The van der Waals surface area contributed by atoms with Crippen LogP contribution in [0.2, 0.25) is 0 Å².